The summed E-state index contributed by atoms with van der Waals surface area (Å²) < 4.78 is 0. The molecule has 2 aliphatic carbocycles. The van der Waals surface area contributed by atoms with Crippen molar-refractivity contribution in [2.24, 2.45) is 23.2 Å². The molecule has 110 valence electrons. The molecule has 0 spiro atoms. The van der Waals surface area contributed by atoms with Gasteiger partial charge in [-0.15, -0.1) is 0 Å². The van der Waals surface area contributed by atoms with E-state index in [0.29, 0.717) is 5.41 Å². The smallest absolute Gasteiger partial charge is 0.00504 e. The molecule has 3 aliphatic rings. The molecule has 2 heteroatoms. The minimum atomic E-state index is 0.583. The second-order valence-electron chi connectivity index (χ2n) is 7.86. The monoisotopic (exact) mass is 264 g/mol. The van der Waals surface area contributed by atoms with Crippen molar-refractivity contribution in [3.05, 3.63) is 0 Å². The summed E-state index contributed by atoms with van der Waals surface area (Å²) in [6.07, 6.45) is 10.3. The molecule has 2 nitrogen and oxygen atoms in total. The minimum Gasteiger partial charge on any atom is -0.319 e. The number of hydrogen-bond donors (Lipinski definition) is 1. The minimum absolute atomic E-state index is 0.583. The summed E-state index contributed by atoms with van der Waals surface area (Å²) in [5.41, 5.74) is 0.583. The Bertz CT molecular complexity index is 282. The van der Waals surface area contributed by atoms with Crippen LogP contribution in [0.3, 0.4) is 0 Å². The van der Waals surface area contributed by atoms with Gasteiger partial charge in [0.1, 0.15) is 0 Å². The Labute approximate surface area is 119 Å². The van der Waals surface area contributed by atoms with E-state index >= 15 is 0 Å². The number of hydrogen-bond acceptors (Lipinski definition) is 2. The van der Waals surface area contributed by atoms with Crippen molar-refractivity contribution in [1.82, 2.24) is 10.2 Å². The van der Waals surface area contributed by atoms with E-state index in [1.54, 1.807) is 0 Å². The van der Waals surface area contributed by atoms with Gasteiger partial charge in [-0.3, -0.25) is 0 Å². The number of nitrogens with zero attached hydrogens (tertiary/aromatic N) is 1. The third kappa shape index (κ3) is 3.00. The van der Waals surface area contributed by atoms with Crippen LogP contribution in [0.15, 0.2) is 0 Å². The molecule has 1 aliphatic heterocycles. The van der Waals surface area contributed by atoms with Crippen molar-refractivity contribution in [2.75, 3.05) is 33.2 Å². The zero-order chi connectivity index (χ0) is 13.3. The highest BCUT2D eigenvalue weighted by Gasteiger charge is 2.41. The van der Waals surface area contributed by atoms with Crippen molar-refractivity contribution < 1.29 is 0 Å². The van der Waals surface area contributed by atoms with E-state index in [4.69, 9.17) is 0 Å². The molecule has 3 fully saturated rings. The van der Waals surface area contributed by atoms with Crippen molar-refractivity contribution in [3.8, 4) is 0 Å². The maximum atomic E-state index is 3.49. The predicted molar refractivity (Wildman–Crippen MR) is 81.3 cm³/mol. The van der Waals surface area contributed by atoms with Gasteiger partial charge >= 0.3 is 0 Å². The molecule has 0 bridgehead atoms. The zero-order valence-corrected chi connectivity index (χ0v) is 13.0. The van der Waals surface area contributed by atoms with Gasteiger partial charge in [-0.1, -0.05) is 26.2 Å². The van der Waals surface area contributed by atoms with Crippen LogP contribution < -0.4 is 5.32 Å². The second-order valence-corrected chi connectivity index (χ2v) is 7.86. The van der Waals surface area contributed by atoms with Crippen LogP contribution in [-0.4, -0.2) is 38.1 Å². The molecule has 0 aromatic rings. The van der Waals surface area contributed by atoms with Crippen LogP contribution in [0.2, 0.25) is 0 Å². The molecule has 1 saturated heterocycles. The summed E-state index contributed by atoms with van der Waals surface area (Å²) in [6.45, 7) is 7.85. The maximum Gasteiger partial charge on any atom is 0.00504 e. The standard InChI is InChI=1S/C17H32N2/c1-14-6-8-17(9-7-14,12-18-2)13-19-10-15-4-3-5-16(15)11-19/h14-16,18H,3-13H2,1-2H3. The molecular weight excluding hydrogens is 232 g/mol. The Morgan fingerprint density at radius 3 is 2.26 bits per heavy atom. The lowest BCUT2D eigenvalue weighted by atomic mass is 9.70. The molecule has 0 radical (unpaired) electrons. The molecule has 19 heavy (non-hydrogen) atoms. The van der Waals surface area contributed by atoms with Gasteiger partial charge in [0.05, 0.1) is 0 Å². The normalized spacial score (nSPS) is 43.6. The fourth-order valence-electron chi connectivity index (χ4n) is 5.08. The Morgan fingerprint density at radius 2 is 1.68 bits per heavy atom. The van der Waals surface area contributed by atoms with Gasteiger partial charge in [-0.2, -0.15) is 0 Å². The quantitative estimate of drug-likeness (QED) is 0.839. The van der Waals surface area contributed by atoms with Crippen molar-refractivity contribution >= 4 is 0 Å². The van der Waals surface area contributed by atoms with Crippen LogP contribution in [0.1, 0.15) is 51.9 Å². The van der Waals surface area contributed by atoms with Crippen LogP contribution in [0.5, 0.6) is 0 Å². The molecular formula is C17H32N2. The third-order valence-corrected chi connectivity index (χ3v) is 6.25. The summed E-state index contributed by atoms with van der Waals surface area (Å²) >= 11 is 0. The molecule has 1 heterocycles. The highest BCUT2D eigenvalue weighted by Crippen LogP contribution is 2.43. The average molecular weight is 264 g/mol. The van der Waals surface area contributed by atoms with Gasteiger partial charge in [0.25, 0.3) is 0 Å². The van der Waals surface area contributed by atoms with Gasteiger partial charge < -0.3 is 10.2 Å². The van der Waals surface area contributed by atoms with Crippen LogP contribution in [0, 0.1) is 23.2 Å². The van der Waals surface area contributed by atoms with Crippen LogP contribution in [0.25, 0.3) is 0 Å². The second kappa shape index (κ2) is 5.73. The van der Waals surface area contributed by atoms with Gasteiger partial charge in [-0.25, -0.2) is 0 Å². The highest BCUT2D eigenvalue weighted by molar-refractivity contribution is 4.94. The van der Waals surface area contributed by atoms with Gasteiger partial charge in [0.15, 0.2) is 0 Å². The van der Waals surface area contributed by atoms with E-state index in [2.05, 4.69) is 24.2 Å². The average Bonchev–Trinajstić information content (AvgIpc) is 2.94. The molecule has 0 aromatic heterocycles. The third-order valence-electron chi connectivity index (χ3n) is 6.25. The van der Waals surface area contributed by atoms with Crippen LogP contribution in [0.4, 0.5) is 0 Å². The van der Waals surface area contributed by atoms with Crippen molar-refractivity contribution in [2.45, 2.75) is 51.9 Å². The fraction of sp³-hybridized carbons (Fsp3) is 1.00. The molecule has 0 aromatic carbocycles. The van der Waals surface area contributed by atoms with Gasteiger partial charge in [0, 0.05) is 26.2 Å². The van der Waals surface area contributed by atoms with Crippen molar-refractivity contribution in [1.29, 1.82) is 0 Å². The number of fused-ring (bicyclic) bond motifs is 1. The predicted octanol–water partition coefficient (Wildman–Crippen LogP) is 3.13. The summed E-state index contributed by atoms with van der Waals surface area (Å²) in [7, 11) is 2.14. The first-order chi connectivity index (χ1) is 9.21. The lowest BCUT2D eigenvalue weighted by molar-refractivity contribution is 0.0962. The first-order valence-corrected chi connectivity index (χ1v) is 8.58. The Morgan fingerprint density at radius 1 is 1.05 bits per heavy atom. The van der Waals surface area contributed by atoms with E-state index in [0.717, 1.165) is 17.8 Å². The molecule has 2 unspecified atom stereocenters. The number of likely N-dealkylation sites (tertiary alicyclic amines) is 1. The highest BCUT2D eigenvalue weighted by atomic mass is 15.2. The topological polar surface area (TPSA) is 15.3 Å². The SMILES string of the molecule is CNCC1(CN2CC3CCCC3C2)CCC(C)CC1. The first-order valence-electron chi connectivity index (χ1n) is 8.58. The number of rotatable bonds is 4. The van der Waals surface area contributed by atoms with Crippen LogP contribution >= 0.6 is 0 Å². The zero-order valence-electron chi connectivity index (χ0n) is 13.0. The molecule has 0 amide bonds. The first kappa shape index (κ1) is 13.9. The Hall–Kier alpha value is -0.0800. The molecule has 2 atom stereocenters. The molecule has 3 rings (SSSR count). The summed E-state index contributed by atoms with van der Waals surface area (Å²) in [4.78, 5) is 2.82. The van der Waals surface area contributed by atoms with E-state index in [-0.39, 0.29) is 0 Å². The summed E-state index contributed by atoms with van der Waals surface area (Å²) in [5.74, 6) is 3.06. The largest absolute Gasteiger partial charge is 0.319 e. The van der Waals surface area contributed by atoms with Gasteiger partial charge in [0.2, 0.25) is 0 Å². The molecule has 2 saturated carbocycles. The number of nitrogens with one attached hydrogen (secondary N) is 1. The molecule has 1 N–H and O–H groups in total. The Kier molecular flexibility index (Phi) is 4.19. The van der Waals surface area contributed by atoms with Crippen LogP contribution in [-0.2, 0) is 0 Å². The lowest BCUT2D eigenvalue weighted by Gasteiger charge is -2.42. The summed E-state index contributed by atoms with van der Waals surface area (Å²) in [6, 6.07) is 0. The van der Waals surface area contributed by atoms with Gasteiger partial charge in [-0.05, 0) is 55.9 Å². The lowest BCUT2D eigenvalue weighted by Crippen LogP contribution is -2.45. The van der Waals surface area contributed by atoms with E-state index in [1.165, 1.54) is 71.1 Å². The Balaban J connectivity index is 1.59. The van der Waals surface area contributed by atoms with E-state index < -0.39 is 0 Å². The van der Waals surface area contributed by atoms with E-state index in [1.807, 2.05) is 0 Å². The van der Waals surface area contributed by atoms with E-state index in [9.17, 15) is 0 Å². The fourth-order valence-corrected chi connectivity index (χ4v) is 5.08. The summed E-state index contributed by atoms with van der Waals surface area (Å²) in [5, 5.41) is 3.49. The van der Waals surface area contributed by atoms with Crippen molar-refractivity contribution in [3.63, 3.8) is 0 Å². The maximum absolute atomic E-state index is 3.49.